The normalized spacial score (nSPS) is 22.0. The van der Waals surface area contributed by atoms with E-state index in [-0.39, 0.29) is 17.9 Å². The van der Waals surface area contributed by atoms with Crippen molar-refractivity contribution in [2.24, 2.45) is 5.92 Å². The van der Waals surface area contributed by atoms with E-state index < -0.39 is 0 Å². The van der Waals surface area contributed by atoms with Crippen LogP contribution in [0.1, 0.15) is 50.6 Å². The lowest BCUT2D eigenvalue weighted by molar-refractivity contribution is 0.0577. The second-order valence-corrected chi connectivity index (χ2v) is 8.55. The second kappa shape index (κ2) is 7.38. The molecule has 0 aromatic carbocycles. The molecular formula is C20H24N4O2S. The minimum Gasteiger partial charge on any atom is -0.335 e. The number of carbonyl (C=O) groups excluding carboxylic acids is 2. The predicted molar refractivity (Wildman–Crippen MR) is 104 cm³/mol. The fraction of sp³-hybridized carbons (Fsp3) is 0.500. The minimum atomic E-state index is -0.0373. The third-order valence-electron chi connectivity index (χ3n) is 5.48. The Bertz CT molecular complexity index is 851. The summed E-state index contributed by atoms with van der Waals surface area (Å²) in [6.45, 7) is 5.97. The molecule has 7 heteroatoms. The van der Waals surface area contributed by atoms with Crippen molar-refractivity contribution in [3.63, 3.8) is 0 Å². The SMILES string of the molecule is CCc1nc(C)sc1C(=O)N1C[C@H]2CC[C@@H]1CN(C(=O)c1ccccn1)C2. The Balaban J connectivity index is 1.56. The van der Waals surface area contributed by atoms with Gasteiger partial charge in [-0.2, -0.15) is 0 Å². The fourth-order valence-corrected chi connectivity index (χ4v) is 5.12. The van der Waals surface area contributed by atoms with Crippen molar-refractivity contribution >= 4 is 23.2 Å². The molecule has 2 bridgehead atoms. The highest BCUT2D eigenvalue weighted by Gasteiger charge is 2.40. The number of aryl methyl sites for hydroxylation is 2. The number of carbonyl (C=O) groups is 2. The summed E-state index contributed by atoms with van der Waals surface area (Å²) >= 11 is 1.49. The Labute approximate surface area is 163 Å². The molecule has 27 heavy (non-hydrogen) atoms. The van der Waals surface area contributed by atoms with E-state index in [0.717, 1.165) is 41.4 Å². The smallest absolute Gasteiger partial charge is 0.272 e. The van der Waals surface area contributed by atoms with Crippen LogP contribution in [0.3, 0.4) is 0 Å². The minimum absolute atomic E-state index is 0.0373. The third kappa shape index (κ3) is 3.48. The quantitative estimate of drug-likeness (QED) is 0.816. The first kappa shape index (κ1) is 18.1. The maximum Gasteiger partial charge on any atom is 0.272 e. The van der Waals surface area contributed by atoms with Gasteiger partial charge in [-0.05, 0) is 44.2 Å². The Hall–Kier alpha value is -2.28. The summed E-state index contributed by atoms with van der Waals surface area (Å²) in [6.07, 6.45) is 4.41. The van der Waals surface area contributed by atoms with E-state index in [4.69, 9.17) is 0 Å². The molecule has 5 rings (SSSR count). The topological polar surface area (TPSA) is 66.4 Å². The molecule has 2 atom stereocenters. The van der Waals surface area contributed by atoms with Crippen LogP contribution in [0.4, 0.5) is 0 Å². The zero-order valence-corrected chi connectivity index (χ0v) is 16.5. The van der Waals surface area contributed by atoms with Crippen LogP contribution in [0.25, 0.3) is 0 Å². The lowest BCUT2D eigenvalue weighted by Crippen LogP contribution is -2.47. The van der Waals surface area contributed by atoms with Crippen LogP contribution in [0.15, 0.2) is 24.4 Å². The highest BCUT2D eigenvalue weighted by Crippen LogP contribution is 2.31. The summed E-state index contributed by atoms with van der Waals surface area (Å²) in [6, 6.07) is 5.47. The first-order valence-corrected chi connectivity index (χ1v) is 10.4. The zero-order chi connectivity index (χ0) is 19.0. The molecular weight excluding hydrogens is 360 g/mol. The van der Waals surface area contributed by atoms with Crippen molar-refractivity contribution in [1.29, 1.82) is 0 Å². The van der Waals surface area contributed by atoms with Gasteiger partial charge < -0.3 is 9.80 Å². The van der Waals surface area contributed by atoms with Gasteiger partial charge in [0.1, 0.15) is 10.6 Å². The largest absolute Gasteiger partial charge is 0.335 e. The number of aromatic nitrogens is 2. The zero-order valence-electron chi connectivity index (χ0n) is 15.7. The van der Waals surface area contributed by atoms with Crippen molar-refractivity contribution < 1.29 is 9.59 Å². The molecule has 0 aliphatic carbocycles. The van der Waals surface area contributed by atoms with E-state index in [2.05, 4.69) is 9.97 Å². The molecule has 3 saturated heterocycles. The molecule has 2 aromatic heterocycles. The Kier molecular flexibility index (Phi) is 4.95. The molecule has 2 aromatic rings. The maximum absolute atomic E-state index is 13.3. The van der Waals surface area contributed by atoms with Crippen molar-refractivity contribution in [2.45, 2.75) is 39.2 Å². The number of rotatable bonds is 3. The van der Waals surface area contributed by atoms with Crippen LogP contribution in [0.5, 0.6) is 0 Å². The number of hydrogen-bond acceptors (Lipinski definition) is 5. The lowest BCUT2D eigenvalue weighted by Gasteiger charge is -2.35. The molecule has 5 heterocycles. The summed E-state index contributed by atoms with van der Waals surface area (Å²) in [5.74, 6) is 0.364. The van der Waals surface area contributed by atoms with Crippen LogP contribution in [-0.4, -0.2) is 57.3 Å². The maximum atomic E-state index is 13.3. The van der Waals surface area contributed by atoms with Crippen LogP contribution >= 0.6 is 11.3 Å². The molecule has 2 amide bonds. The number of thiazole rings is 1. The molecule has 142 valence electrons. The summed E-state index contributed by atoms with van der Waals surface area (Å²) in [4.78, 5) is 39.5. The number of piperidine rings is 1. The molecule has 3 aliphatic rings. The van der Waals surface area contributed by atoms with Gasteiger partial charge in [0.05, 0.1) is 10.7 Å². The van der Waals surface area contributed by atoms with Crippen molar-refractivity contribution in [2.75, 3.05) is 19.6 Å². The Morgan fingerprint density at radius 1 is 1.19 bits per heavy atom. The van der Waals surface area contributed by atoms with Crippen LogP contribution in [0, 0.1) is 12.8 Å². The van der Waals surface area contributed by atoms with Crippen molar-refractivity contribution in [3.05, 3.63) is 45.7 Å². The van der Waals surface area contributed by atoms with Gasteiger partial charge in [0.2, 0.25) is 0 Å². The number of hydrogen-bond donors (Lipinski definition) is 0. The average molecular weight is 385 g/mol. The number of nitrogens with zero attached hydrogens (tertiary/aromatic N) is 4. The average Bonchev–Trinajstić information content (AvgIpc) is 2.86. The second-order valence-electron chi connectivity index (χ2n) is 7.34. The molecule has 3 fully saturated rings. The predicted octanol–water partition coefficient (Wildman–Crippen LogP) is 2.79. The molecule has 0 spiro atoms. The van der Waals surface area contributed by atoms with E-state index in [1.165, 1.54) is 11.3 Å². The van der Waals surface area contributed by atoms with Gasteiger partial charge >= 0.3 is 0 Å². The standard InChI is InChI=1S/C20H24N4O2S/c1-3-16-18(27-13(2)22-16)20(26)24-11-14-7-8-15(24)12-23(10-14)19(25)17-6-4-5-9-21-17/h4-6,9,14-15H,3,7-8,10-12H2,1-2H3/t14-,15+/m0/s1. The van der Waals surface area contributed by atoms with Gasteiger partial charge in [0.15, 0.2) is 0 Å². The van der Waals surface area contributed by atoms with Crippen molar-refractivity contribution in [3.8, 4) is 0 Å². The third-order valence-corrected chi connectivity index (χ3v) is 6.48. The van der Waals surface area contributed by atoms with Crippen LogP contribution in [-0.2, 0) is 6.42 Å². The molecule has 0 radical (unpaired) electrons. The molecule has 0 saturated carbocycles. The van der Waals surface area contributed by atoms with E-state index in [9.17, 15) is 9.59 Å². The molecule has 3 aliphatic heterocycles. The van der Waals surface area contributed by atoms with E-state index in [1.54, 1.807) is 12.3 Å². The highest BCUT2D eigenvalue weighted by molar-refractivity contribution is 7.13. The highest BCUT2D eigenvalue weighted by atomic mass is 32.1. The first-order valence-electron chi connectivity index (χ1n) is 9.54. The fourth-order valence-electron chi connectivity index (χ4n) is 4.16. The van der Waals surface area contributed by atoms with Gasteiger partial charge in [-0.15, -0.1) is 11.3 Å². The first-order chi connectivity index (χ1) is 13.1. The monoisotopic (exact) mass is 384 g/mol. The van der Waals surface area contributed by atoms with Gasteiger partial charge in [0.25, 0.3) is 11.8 Å². The summed E-state index contributed by atoms with van der Waals surface area (Å²) in [5, 5.41) is 0.933. The van der Waals surface area contributed by atoms with E-state index in [1.807, 2.05) is 35.8 Å². The summed E-state index contributed by atoms with van der Waals surface area (Å²) in [7, 11) is 0. The molecule has 0 N–H and O–H groups in total. The molecule has 6 nitrogen and oxygen atoms in total. The molecule has 0 unspecified atom stereocenters. The summed E-state index contributed by atoms with van der Waals surface area (Å²) in [5.41, 5.74) is 1.37. The van der Waals surface area contributed by atoms with Crippen LogP contribution < -0.4 is 0 Å². The van der Waals surface area contributed by atoms with E-state index in [0.29, 0.717) is 24.7 Å². The van der Waals surface area contributed by atoms with Gasteiger partial charge in [-0.25, -0.2) is 4.98 Å². The van der Waals surface area contributed by atoms with Gasteiger partial charge in [-0.3, -0.25) is 14.6 Å². The van der Waals surface area contributed by atoms with Crippen LogP contribution in [0.2, 0.25) is 0 Å². The van der Waals surface area contributed by atoms with Gasteiger partial charge in [-0.1, -0.05) is 13.0 Å². The summed E-state index contributed by atoms with van der Waals surface area (Å²) < 4.78 is 0. The number of pyridine rings is 1. The van der Waals surface area contributed by atoms with Gasteiger partial charge in [0, 0.05) is 31.9 Å². The number of fused-ring (bicyclic) bond motifs is 4. The van der Waals surface area contributed by atoms with Crippen molar-refractivity contribution in [1.82, 2.24) is 19.8 Å². The number of amides is 2. The van der Waals surface area contributed by atoms with E-state index >= 15 is 0 Å². The lowest BCUT2D eigenvalue weighted by atomic mass is 9.94. The Morgan fingerprint density at radius 2 is 2.04 bits per heavy atom. The Morgan fingerprint density at radius 3 is 2.78 bits per heavy atom.